The lowest BCUT2D eigenvalue weighted by Crippen LogP contribution is -2.29. The lowest BCUT2D eigenvalue weighted by Gasteiger charge is -2.23. The van der Waals surface area contributed by atoms with Crippen LogP contribution in [0.15, 0.2) is 30.3 Å². The number of nitrogens with zero attached hydrogens (tertiary/aromatic N) is 3. The molecule has 0 spiro atoms. The highest BCUT2D eigenvalue weighted by molar-refractivity contribution is 5.92. The van der Waals surface area contributed by atoms with E-state index in [0.717, 1.165) is 49.5 Å². The number of carbonyl (C=O) groups is 1. The molecule has 0 bridgehead atoms. The maximum atomic E-state index is 12.5. The lowest BCUT2D eigenvalue weighted by atomic mass is 10.1. The van der Waals surface area contributed by atoms with Gasteiger partial charge in [0.25, 0.3) is 5.91 Å². The van der Waals surface area contributed by atoms with Crippen molar-refractivity contribution in [1.82, 2.24) is 15.3 Å². The topological polar surface area (TPSA) is 67.4 Å². The molecule has 2 rings (SSSR count). The average Bonchev–Trinajstić information content (AvgIpc) is 2.67. The van der Waals surface area contributed by atoms with Crippen LogP contribution < -0.4 is 15.0 Å². The smallest absolute Gasteiger partial charge is 0.270 e. The summed E-state index contributed by atoms with van der Waals surface area (Å²) in [5.41, 5.74) is 1.57. The SMILES string of the molecule is CCCN(CCC)c1cc(C(=O)NCCc2ccc(OC)cc2)nc(C)n1. The molecular weight excluding hydrogens is 340 g/mol. The highest BCUT2D eigenvalue weighted by Gasteiger charge is 2.14. The summed E-state index contributed by atoms with van der Waals surface area (Å²) in [4.78, 5) is 23.6. The lowest BCUT2D eigenvalue weighted by molar-refractivity contribution is 0.0948. The summed E-state index contributed by atoms with van der Waals surface area (Å²) in [6, 6.07) is 9.65. The van der Waals surface area contributed by atoms with Gasteiger partial charge in [0.15, 0.2) is 0 Å². The van der Waals surface area contributed by atoms with Gasteiger partial charge in [0, 0.05) is 25.7 Å². The van der Waals surface area contributed by atoms with E-state index in [9.17, 15) is 4.79 Å². The van der Waals surface area contributed by atoms with Crippen LogP contribution in [0, 0.1) is 6.92 Å². The van der Waals surface area contributed by atoms with E-state index < -0.39 is 0 Å². The van der Waals surface area contributed by atoms with Crippen LogP contribution in [0.4, 0.5) is 5.82 Å². The second-order valence-corrected chi connectivity index (χ2v) is 6.50. The number of amides is 1. The first-order valence-electron chi connectivity index (χ1n) is 9.59. The quantitative estimate of drug-likeness (QED) is 0.694. The molecule has 1 amide bonds. The van der Waals surface area contributed by atoms with Crippen LogP contribution >= 0.6 is 0 Å². The molecule has 1 heterocycles. The van der Waals surface area contributed by atoms with Gasteiger partial charge in [-0.2, -0.15) is 0 Å². The molecule has 1 N–H and O–H groups in total. The van der Waals surface area contributed by atoms with Crippen LogP contribution in [0.25, 0.3) is 0 Å². The molecule has 27 heavy (non-hydrogen) atoms. The highest BCUT2D eigenvalue weighted by atomic mass is 16.5. The number of ether oxygens (including phenoxy) is 1. The van der Waals surface area contributed by atoms with E-state index in [1.807, 2.05) is 31.2 Å². The van der Waals surface area contributed by atoms with Crippen molar-refractivity contribution in [2.24, 2.45) is 0 Å². The molecule has 0 saturated heterocycles. The summed E-state index contributed by atoms with van der Waals surface area (Å²) in [6.07, 6.45) is 2.82. The van der Waals surface area contributed by atoms with Crippen molar-refractivity contribution in [2.45, 2.75) is 40.0 Å². The Kier molecular flexibility index (Phi) is 8.04. The molecule has 0 aliphatic heterocycles. The molecule has 6 heteroatoms. The fourth-order valence-corrected chi connectivity index (χ4v) is 2.91. The van der Waals surface area contributed by atoms with Gasteiger partial charge < -0.3 is 15.0 Å². The molecule has 1 aromatic heterocycles. The third-order valence-electron chi connectivity index (χ3n) is 4.23. The fraction of sp³-hybridized carbons (Fsp3) is 0.476. The molecule has 0 atom stereocenters. The van der Waals surface area contributed by atoms with Crippen molar-refractivity contribution in [3.05, 3.63) is 47.4 Å². The van der Waals surface area contributed by atoms with E-state index in [1.54, 1.807) is 13.2 Å². The molecule has 6 nitrogen and oxygen atoms in total. The molecular formula is C21H30N4O2. The summed E-state index contributed by atoms with van der Waals surface area (Å²) in [5, 5.41) is 2.95. The summed E-state index contributed by atoms with van der Waals surface area (Å²) >= 11 is 0. The maximum Gasteiger partial charge on any atom is 0.270 e. The van der Waals surface area contributed by atoms with Gasteiger partial charge >= 0.3 is 0 Å². The Bertz CT molecular complexity index is 725. The number of hydrogen-bond donors (Lipinski definition) is 1. The van der Waals surface area contributed by atoms with Crippen LogP contribution in [0.1, 0.15) is 48.6 Å². The molecule has 0 aliphatic rings. The Hall–Kier alpha value is -2.63. The second kappa shape index (κ2) is 10.5. The van der Waals surface area contributed by atoms with Crippen LogP contribution in [-0.4, -0.2) is 42.6 Å². The Labute approximate surface area is 162 Å². The number of methoxy groups -OCH3 is 1. The number of aromatic nitrogens is 2. The third kappa shape index (κ3) is 6.24. The second-order valence-electron chi connectivity index (χ2n) is 6.50. The summed E-state index contributed by atoms with van der Waals surface area (Å²) in [5.74, 6) is 2.11. The average molecular weight is 370 g/mol. The molecule has 0 aliphatic carbocycles. The summed E-state index contributed by atoms with van der Waals surface area (Å²) in [7, 11) is 1.65. The molecule has 0 unspecified atom stereocenters. The summed E-state index contributed by atoms with van der Waals surface area (Å²) in [6.45, 7) is 8.50. The first-order valence-corrected chi connectivity index (χ1v) is 9.59. The molecule has 0 fully saturated rings. The van der Waals surface area contributed by atoms with Crippen molar-refractivity contribution in [2.75, 3.05) is 31.6 Å². The van der Waals surface area contributed by atoms with Crippen LogP contribution in [0.3, 0.4) is 0 Å². The van der Waals surface area contributed by atoms with E-state index >= 15 is 0 Å². The van der Waals surface area contributed by atoms with E-state index in [0.29, 0.717) is 18.1 Å². The van der Waals surface area contributed by atoms with E-state index in [2.05, 4.69) is 34.0 Å². The minimum atomic E-state index is -0.164. The van der Waals surface area contributed by atoms with Gasteiger partial charge in [-0.05, 0) is 43.9 Å². The maximum absolute atomic E-state index is 12.5. The van der Waals surface area contributed by atoms with Crippen LogP contribution in [0.2, 0.25) is 0 Å². The van der Waals surface area contributed by atoms with Gasteiger partial charge in [-0.3, -0.25) is 4.79 Å². The standard InChI is InChI=1S/C21H30N4O2/c1-5-13-25(14-6-2)20-15-19(23-16(3)24-20)21(26)22-12-11-17-7-9-18(27-4)10-8-17/h7-10,15H,5-6,11-14H2,1-4H3,(H,22,26). The zero-order valence-electron chi connectivity index (χ0n) is 16.8. The minimum Gasteiger partial charge on any atom is -0.497 e. The minimum absolute atomic E-state index is 0.164. The highest BCUT2D eigenvalue weighted by Crippen LogP contribution is 2.14. The molecule has 0 radical (unpaired) electrons. The number of rotatable bonds is 10. The Morgan fingerprint density at radius 2 is 1.78 bits per heavy atom. The van der Waals surface area contributed by atoms with E-state index in [4.69, 9.17) is 4.74 Å². The van der Waals surface area contributed by atoms with Gasteiger partial charge in [0.1, 0.15) is 23.1 Å². The van der Waals surface area contributed by atoms with Gasteiger partial charge in [-0.25, -0.2) is 9.97 Å². The largest absolute Gasteiger partial charge is 0.497 e. The van der Waals surface area contributed by atoms with Crippen molar-refractivity contribution >= 4 is 11.7 Å². The molecule has 2 aromatic rings. The van der Waals surface area contributed by atoms with Gasteiger partial charge in [0.05, 0.1) is 7.11 Å². The zero-order valence-corrected chi connectivity index (χ0v) is 16.8. The zero-order chi connectivity index (χ0) is 19.6. The molecule has 146 valence electrons. The van der Waals surface area contributed by atoms with Crippen LogP contribution in [0.5, 0.6) is 5.75 Å². The predicted octanol–water partition coefficient (Wildman–Crippen LogP) is 3.39. The van der Waals surface area contributed by atoms with Crippen molar-refractivity contribution in [3.63, 3.8) is 0 Å². The Morgan fingerprint density at radius 1 is 1.11 bits per heavy atom. The number of aryl methyl sites for hydroxylation is 1. The first kappa shape index (κ1) is 20.7. The van der Waals surface area contributed by atoms with Crippen molar-refractivity contribution in [3.8, 4) is 5.75 Å². The van der Waals surface area contributed by atoms with Gasteiger partial charge in [0.2, 0.25) is 0 Å². The molecule has 0 saturated carbocycles. The number of hydrogen-bond acceptors (Lipinski definition) is 5. The van der Waals surface area contributed by atoms with E-state index in [-0.39, 0.29) is 5.91 Å². The predicted molar refractivity (Wildman–Crippen MR) is 109 cm³/mol. The monoisotopic (exact) mass is 370 g/mol. The fourth-order valence-electron chi connectivity index (χ4n) is 2.91. The van der Waals surface area contributed by atoms with E-state index in [1.165, 1.54) is 0 Å². The Balaban J connectivity index is 2.00. The first-order chi connectivity index (χ1) is 13.1. The van der Waals surface area contributed by atoms with Crippen molar-refractivity contribution < 1.29 is 9.53 Å². The van der Waals surface area contributed by atoms with Gasteiger partial charge in [-0.15, -0.1) is 0 Å². The van der Waals surface area contributed by atoms with Crippen molar-refractivity contribution in [1.29, 1.82) is 0 Å². The summed E-state index contributed by atoms with van der Waals surface area (Å²) < 4.78 is 5.16. The number of benzene rings is 1. The third-order valence-corrected chi connectivity index (χ3v) is 4.23. The normalized spacial score (nSPS) is 10.5. The number of carbonyl (C=O) groups excluding carboxylic acids is 1. The Morgan fingerprint density at radius 3 is 2.37 bits per heavy atom. The van der Waals surface area contributed by atoms with Gasteiger partial charge in [-0.1, -0.05) is 26.0 Å². The molecule has 1 aromatic carbocycles. The van der Waals surface area contributed by atoms with Crippen LogP contribution in [-0.2, 0) is 6.42 Å². The number of anilines is 1. The number of nitrogens with one attached hydrogen (secondary N) is 1.